The van der Waals surface area contributed by atoms with Crippen molar-refractivity contribution in [3.05, 3.63) is 24.5 Å². The van der Waals surface area contributed by atoms with Gasteiger partial charge in [0.1, 0.15) is 0 Å². The van der Waals surface area contributed by atoms with Gasteiger partial charge in [-0.25, -0.2) is 0 Å². The Morgan fingerprint density at radius 2 is 2.43 bits per heavy atom. The Bertz CT molecular complexity index is 210. The molecular weight excluding hydrogens is 174 g/mol. The Morgan fingerprint density at radius 3 is 3.07 bits per heavy atom. The van der Waals surface area contributed by atoms with Gasteiger partial charge in [0, 0.05) is 13.0 Å². The smallest absolute Gasteiger partial charge is 0.0888 e. The van der Waals surface area contributed by atoms with Crippen molar-refractivity contribution in [2.75, 3.05) is 19.7 Å². The van der Waals surface area contributed by atoms with Gasteiger partial charge in [0.15, 0.2) is 0 Å². The molecule has 0 bridgehead atoms. The number of ether oxygens (including phenoxy) is 1. The molecule has 0 aromatic rings. The van der Waals surface area contributed by atoms with Crippen molar-refractivity contribution in [3.63, 3.8) is 0 Å². The summed E-state index contributed by atoms with van der Waals surface area (Å²) in [5.74, 6) is 1.52. The van der Waals surface area contributed by atoms with Crippen LogP contribution in [0.15, 0.2) is 24.5 Å². The molecule has 0 saturated carbocycles. The molecule has 1 N–H and O–H groups in total. The second-order valence-electron chi connectivity index (χ2n) is 3.82. The topological polar surface area (TPSA) is 21.3 Å². The Hall–Kier alpha value is -0.760. The van der Waals surface area contributed by atoms with Crippen LogP contribution in [0.2, 0.25) is 0 Å². The molecule has 0 radical (unpaired) electrons. The fourth-order valence-corrected chi connectivity index (χ4v) is 1.79. The first kappa shape index (κ1) is 11.3. The van der Waals surface area contributed by atoms with Gasteiger partial charge in [0.2, 0.25) is 0 Å². The van der Waals surface area contributed by atoms with Gasteiger partial charge in [-0.05, 0) is 32.2 Å². The molecule has 1 unspecified atom stereocenters. The third-order valence-electron chi connectivity index (χ3n) is 2.71. The van der Waals surface area contributed by atoms with Gasteiger partial charge in [0.25, 0.3) is 0 Å². The minimum absolute atomic E-state index is 0.612. The predicted molar refractivity (Wildman–Crippen MR) is 60.1 cm³/mol. The molecule has 1 aliphatic rings. The zero-order valence-electron chi connectivity index (χ0n) is 9.14. The van der Waals surface area contributed by atoms with Gasteiger partial charge in [-0.2, -0.15) is 0 Å². The molecule has 14 heavy (non-hydrogen) atoms. The summed E-state index contributed by atoms with van der Waals surface area (Å²) in [6, 6.07) is 0. The number of allylic oxidation sites excluding steroid dienone is 1. The van der Waals surface area contributed by atoms with E-state index >= 15 is 0 Å². The Morgan fingerprint density at radius 1 is 1.64 bits per heavy atom. The van der Waals surface area contributed by atoms with Gasteiger partial charge >= 0.3 is 0 Å². The van der Waals surface area contributed by atoms with Gasteiger partial charge < -0.3 is 10.1 Å². The average molecular weight is 195 g/mol. The maximum atomic E-state index is 5.32. The fraction of sp³-hybridized carbons (Fsp3) is 0.667. The maximum absolute atomic E-state index is 5.32. The van der Waals surface area contributed by atoms with E-state index in [-0.39, 0.29) is 0 Å². The van der Waals surface area contributed by atoms with Crippen LogP contribution in [0.25, 0.3) is 0 Å². The quantitative estimate of drug-likeness (QED) is 0.537. The van der Waals surface area contributed by atoms with Gasteiger partial charge in [-0.3, -0.25) is 0 Å². The van der Waals surface area contributed by atoms with E-state index in [0.29, 0.717) is 5.92 Å². The molecule has 1 atom stereocenters. The lowest BCUT2D eigenvalue weighted by molar-refractivity contribution is 0.215. The highest BCUT2D eigenvalue weighted by Gasteiger charge is 2.16. The predicted octanol–water partition coefficient (Wildman–Crippen LogP) is 2.48. The van der Waals surface area contributed by atoms with Crippen LogP contribution in [0.4, 0.5) is 0 Å². The highest BCUT2D eigenvalue weighted by molar-refractivity contribution is 5.05. The first-order valence-electron chi connectivity index (χ1n) is 5.43. The van der Waals surface area contributed by atoms with E-state index in [1.54, 1.807) is 0 Å². The monoisotopic (exact) mass is 195 g/mol. The number of hydrogen-bond donors (Lipinski definition) is 1. The molecular formula is C12H21NO. The van der Waals surface area contributed by atoms with Crippen molar-refractivity contribution in [2.24, 2.45) is 5.92 Å². The van der Waals surface area contributed by atoms with Crippen LogP contribution >= 0.6 is 0 Å². The average Bonchev–Trinajstić information content (AvgIpc) is 2.17. The summed E-state index contributed by atoms with van der Waals surface area (Å²) in [6.45, 7) is 12.9. The van der Waals surface area contributed by atoms with Crippen molar-refractivity contribution in [3.8, 4) is 0 Å². The molecule has 0 aliphatic carbocycles. The van der Waals surface area contributed by atoms with Crippen molar-refractivity contribution in [1.82, 2.24) is 5.32 Å². The lowest BCUT2D eigenvalue weighted by atomic mass is 9.90. The number of hydrogen-bond acceptors (Lipinski definition) is 2. The van der Waals surface area contributed by atoms with Crippen molar-refractivity contribution in [2.45, 2.75) is 26.2 Å². The molecule has 0 amide bonds. The maximum Gasteiger partial charge on any atom is 0.0888 e. The second-order valence-corrected chi connectivity index (χ2v) is 3.82. The van der Waals surface area contributed by atoms with Crippen LogP contribution in [-0.2, 0) is 4.74 Å². The third kappa shape index (κ3) is 3.54. The van der Waals surface area contributed by atoms with Crippen molar-refractivity contribution < 1.29 is 4.74 Å². The zero-order chi connectivity index (χ0) is 10.4. The molecule has 0 aromatic heterocycles. The number of rotatable bonds is 5. The summed E-state index contributed by atoms with van der Waals surface area (Å²) >= 11 is 0. The van der Waals surface area contributed by atoms with Crippen LogP contribution in [0.3, 0.4) is 0 Å². The first-order valence-corrected chi connectivity index (χ1v) is 5.43. The SMILES string of the molecule is C=C(CCC1CNCCC1=C)OCC. The summed E-state index contributed by atoms with van der Waals surface area (Å²) in [6.07, 6.45) is 3.19. The number of piperidine rings is 1. The standard InChI is InChI=1S/C12H21NO/c1-4-14-11(3)5-6-12-9-13-8-7-10(12)2/h12-13H,2-9H2,1H3. The Labute approximate surface area is 87.0 Å². The summed E-state index contributed by atoms with van der Waals surface area (Å²) < 4.78 is 5.32. The Kier molecular flexibility index (Phi) is 4.74. The normalized spacial score (nSPS) is 22.1. The zero-order valence-corrected chi connectivity index (χ0v) is 9.14. The molecule has 0 spiro atoms. The van der Waals surface area contributed by atoms with Crippen LogP contribution in [0.1, 0.15) is 26.2 Å². The van der Waals surface area contributed by atoms with Crippen LogP contribution in [0.5, 0.6) is 0 Å². The molecule has 2 nitrogen and oxygen atoms in total. The summed E-state index contributed by atoms with van der Waals surface area (Å²) in [5.41, 5.74) is 1.38. The van der Waals surface area contributed by atoms with E-state index in [1.165, 1.54) is 5.57 Å². The molecule has 0 aromatic carbocycles. The van der Waals surface area contributed by atoms with Gasteiger partial charge in [-0.15, -0.1) is 0 Å². The summed E-state index contributed by atoms with van der Waals surface area (Å²) in [4.78, 5) is 0. The molecule has 80 valence electrons. The molecule has 1 heterocycles. The lowest BCUT2D eigenvalue weighted by Gasteiger charge is -2.25. The highest BCUT2D eigenvalue weighted by Crippen LogP contribution is 2.22. The van der Waals surface area contributed by atoms with E-state index < -0.39 is 0 Å². The van der Waals surface area contributed by atoms with E-state index in [4.69, 9.17) is 4.74 Å². The van der Waals surface area contributed by atoms with E-state index in [2.05, 4.69) is 18.5 Å². The van der Waals surface area contributed by atoms with Crippen LogP contribution in [0, 0.1) is 5.92 Å². The second kappa shape index (κ2) is 5.86. The van der Waals surface area contributed by atoms with Crippen molar-refractivity contribution >= 4 is 0 Å². The number of nitrogens with one attached hydrogen (secondary N) is 1. The Balaban J connectivity index is 2.22. The van der Waals surface area contributed by atoms with E-state index in [9.17, 15) is 0 Å². The summed E-state index contributed by atoms with van der Waals surface area (Å²) in [7, 11) is 0. The molecule has 1 saturated heterocycles. The van der Waals surface area contributed by atoms with Crippen LogP contribution < -0.4 is 5.32 Å². The van der Waals surface area contributed by atoms with E-state index in [1.807, 2.05) is 6.92 Å². The first-order chi connectivity index (χ1) is 6.74. The fourth-order valence-electron chi connectivity index (χ4n) is 1.79. The van der Waals surface area contributed by atoms with E-state index in [0.717, 1.165) is 44.7 Å². The van der Waals surface area contributed by atoms with Gasteiger partial charge in [-0.1, -0.05) is 18.7 Å². The molecule has 1 fully saturated rings. The highest BCUT2D eigenvalue weighted by atomic mass is 16.5. The minimum Gasteiger partial charge on any atom is -0.499 e. The largest absolute Gasteiger partial charge is 0.499 e. The lowest BCUT2D eigenvalue weighted by Crippen LogP contribution is -2.31. The summed E-state index contributed by atoms with van der Waals surface area (Å²) in [5, 5.41) is 3.39. The molecule has 1 aliphatic heterocycles. The van der Waals surface area contributed by atoms with Crippen molar-refractivity contribution in [1.29, 1.82) is 0 Å². The van der Waals surface area contributed by atoms with Gasteiger partial charge in [0.05, 0.1) is 12.4 Å². The minimum atomic E-state index is 0.612. The molecule has 1 rings (SSSR count). The third-order valence-corrected chi connectivity index (χ3v) is 2.71. The molecule has 2 heteroatoms. The van der Waals surface area contributed by atoms with Crippen LogP contribution in [-0.4, -0.2) is 19.7 Å².